The maximum Gasteiger partial charge on any atom is 0.201 e. The number of hydrogen-bond acceptors (Lipinski definition) is 1. The summed E-state index contributed by atoms with van der Waals surface area (Å²) in [5, 5.41) is 0. The second-order valence-corrected chi connectivity index (χ2v) is 6.66. The van der Waals surface area contributed by atoms with Crippen LogP contribution in [-0.4, -0.2) is 6.61 Å². The molecular weight excluding hydrogens is 306 g/mol. The molecule has 1 aliphatic carbocycles. The SMILES string of the molecule is CCCCCC1CCC(C#Cc2ccc(OCC)c(F)c2F)CC1. The average Bonchev–Trinajstić information content (AvgIpc) is 2.60. The Morgan fingerprint density at radius 1 is 1.04 bits per heavy atom. The van der Waals surface area contributed by atoms with Crippen molar-refractivity contribution in [1.29, 1.82) is 0 Å². The summed E-state index contributed by atoms with van der Waals surface area (Å²) in [6.07, 6.45) is 9.82. The quantitative estimate of drug-likeness (QED) is 0.451. The lowest BCUT2D eigenvalue weighted by atomic mass is 9.80. The Labute approximate surface area is 144 Å². The lowest BCUT2D eigenvalue weighted by Crippen LogP contribution is -2.13. The first-order valence-corrected chi connectivity index (χ1v) is 9.28. The van der Waals surface area contributed by atoms with Crippen LogP contribution in [0.1, 0.15) is 70.8 Å². The molecular formula is C21H28F2O. The zero-order valence-corrected chi connectivity index (χ0v) is 14.8. The Balaban J connectivity index is 1.91. The van der Waals surface area contributed by atoms with Gasteiger partial charge < -0.3 is 4.74 Å². The first-order chi connectivity index (χ1) is 11.7. The molecule has 1 aromatic carbocycles. The highest BCUT2D eigenvalue weighted by Crippen LogP contribution is 2.32. The standard InChI is InChI=1S/C21H28F2O/c1-3-5-6-7-16-8-10-17(11-9-16)12-13-18-14-15-19(24-4-2)21(23)20(18)22/h14-17H,3-11H2,1-2H3. The van der Waals surface area contributed by atoms with Gasteiger partial charge in [-0.3, -0.25) is 0 Å². The number of benzene rings is 1. The fourth-order valence-electron chi connectivity index (χ4n) is 3.35. The van der Waals surface area contributed by atoms with E-state index >= 15 is 0 Å². The predicted molar refractivity (Wildman–Crippen MR) is 94.0 cm³/mol. The molecule has 0 spiro atoms. The molecule has 1 saturated carbocycles. The van der Waals surface area contributed by atoms with Crippen molar-refractivity contribution in [3.63, 3.8) is 0 Å². The third kappa shape index (κ3) is 5.23. The van der Waals surface area contributed by atoms with Crippen molar-refractivity contribution in [2.75, 3.05) is 6.61 Å². The molecule has 3 heteroatoms. The van der Waals surface area contributed by atoms with Crippen molar-refractivity contribution >= 4 is 0 Å². The molecule has 1 aromatic rings. The van der Waals surface area contributed by atoms with Crippen LogP contribution < -0.4 is 4.74 Å². The molecule has 2 rings (SSSR count). The summed E-state index contributed by atoms with van der Waals surface area (Å²) >= 11 is 0. The van der Waals surface area contributed by atoms with Gasteiger partial charge in [-0.2, -0.15) is 4.39 Å². The van der Waals surface area contributed by atoms with Crippen molar-refractivity contribution in [3.8, 4) is 17.6 Å². The summed E-state index contributed by atoms with van der Waals surface area (Å²) in [6, 6.07) is 2.96. The summed E-state index contributed by atoms with van der Waals surface area (Å²) in [5.41, 5.74) is 0.126. The van der Waals surface area contributed by atoms with Crippen LogP contribution in [0.3, 0.4) is 0 Å². The topological polar surface area (TPSA) is 9.23 Å². The van der Waals surface area contributed by atoms with Crippen molar-refractivity contribution < 1.29 is 13.5 Å². The van der Waals surface area contributed by atoms with Crippen LogP contribution in [-0.2, 0) is 0 Å². The highest BCUT2D eigenvalue weighted by Gasteiger charge is 2.19. The van der Waals surface area contributed by atoms with Gasteiger partial charge >= 0.3 is 0 Å². The van der Waals surface area contributed by atoms with Gasteiger partial charge in [0.15, 0.2) is 11.6 Å². The van der Waals surface area contributed by atoms with E-state index in [1.54, 1.807) is 6.92 Å². The zero-order valence-electron chi connectivity index (χ0n) is 14.8. The Morgan fingerprint density at radius 2 is 1.79 bits per heavy atom. The largest absolute Gasteiger partial charge is 0.491 e. The van der Waals surface area contributed by atoms with Crippen LogP contribution in [0.2, 0.25) is 0 Å². The van der Waals surface area contributed by atoms with E-state index in [1.165, 1.54) is 50.7 Å². The fourth-order valence-corrected chi connectivity index (χ4v) is 3.35. The lowest BCUT2D eigenvalue weighted by molar-refractivity contribution is 0.294. The molecule has 0 heterocycles. The van der Waals surface area contributed by atoms with E-state index < -0.39 is 11.6 Å². The summed E-state index contributed by atoms with van der Waals surface area (Å²) < 4.78 is 32.9. The second-order valence-electron chi connectivity index (χ2n) is 6.66. The van der Waals surface area contributed by atoms with Crippen LogP contribution in [0.4, 0.5) is 8.78 Å². The van der Waals surface area contributed by atoms with E-state index in [-0.39, 0.29) is 11.3 Å². The number of rotatable bonds is 6. The molecule has 0 aliphatic heterocycles. The molecule has 0 amide bonds. The van der Waals surface area contributed by atoms with Gasteiger partial charge in [0.2, 0.25) is 5.82 Å². The van der Waals surface area contributed by atoms with E-state index in [0.29, 0.717) is 12.5 Å². The number of ether oxygens (including phenoxy) is 1. The summed E-state index contributed by atoms with van der Waals surface area (Å²) in [6.45, 7) is 4.28. The highest BCUT2D eigenvalue weighted by atomic mass is 19.2. The third-order valence-corrected chi connectivity index (χ3v) is 4.82. The van der Waals surface area contributed by atoms with E-state index in [0.717, 1.165) is 18.8 Å². The Bertz CT molecular complexity index is 577. The van der Waals surface area contributed by atoms with Gasteiger partial charge in [0, 0.05) is 5.92 Å². The maximum absolute atomic E-state index is 14.0. The molecule has 24 heavy (non-hydrogen) atoms. The van der Waals surface area contributed by atoms with Crippen molar-refractivity contribution in [1.82, 2.24) is 0 Å². The molecule has 0 radical (unpaired) electrons. The summed E-state index contributed by atoms with van der Waals surface area (Å²) in [5.74, 6) is 5.23. The Hall–Kier alpha value is -1.56. The second kappa shape index (κ2) is 9.67. The van der Waals surface area contributed by atoms with Gasteiger partial charge in [-0.05, 0) is 50.7 Å². The molecule has 0 aromatic heterocycles. The minimum atomic E-state index is -0.941. The zero-order chi connectivity index (χ0) is 17.4. The van der Waals surface area contributed by atoms with E-state index in [9.17, 15) is 8.78 Å². The van der Waals surface area contributed by atoms with Crippen LogP contribution in [0, 0.1) is 35.3 Å². The maximum atomic E-state index is 14.0. The molecule has 1 fully saturated rings. The van der Waals surface area contributed by atoms with Crippen LogP contribution in [0.5, 0.6) is 5.75 Å². The molecule has 132 valence electrons. The van der Waals surface area contributed by atoms with Gasteiger partial charge in [-0.25, -0.2) is 4.39 Å². The number of unbranched alkanes of at least 4 members (excludes halogenated alkanes) is 2. The fraction of sp³-hybridized carbons (Fsp3) is 0.619. The lowest BCUT2D eigenvalue weighted by Gasteiger charge is -2.25. The monoisotopic (exact) mass is 334 g/mol. The van der Waals surface area contributed by atoms with Crippen molar-refractivity contribution in [2.45, 2.75) is 65.2 Å². The van der Waals surface area contributed by atoms with E-state index in [2.05, 4.69) is 18.8 Å². The van der Waals surface area contributed by atoms with E-state index in [4.69, 9.17) is 4.74 Å². The number of hydrogen-bond donors (Lipinski definition) is 0. The van der Waals surface area contributed by atoms with Gasteiger partial charge in [-0.15, -0.1) is 0 Å². The summed E-state index contributed by atoms with van der Waals surface area (Å²) in [4.78, 5) is 0. The first kappa shape index (κ1) is 18.8. The predicted octanol–water partition coefficient (Wildman–Crippen LogP) is 6.10. The van der Waals surface area contributed by atoms with Crippen LogP contribution >= 0.6 is 0 Å². The van der Waals surface area contributed by atoms with Gasteiger partial charge in [0.05, 0.1) is 12.2 Å². The van der Waals surface area contributed by atoms with Crippen LogP contribution in [0.15, 0.2) is 12.1 Å². The van der Waals surface area contributed by atoms with Crippen LogP contribution in [0.25, 0.3) is 0 Å². The van der Waals surface area contributed by atoms with Gasteiger partial charge in [0.1, 0.15) is 0 Å². The average molecular weight is 334 g/mol. The van der Waals surface area contributed by atoms with Crippen molar-refractivity contribution in [2.24, 2.45) is 11.8 Å². The normalized spacial score (nSPS) is 20.3. The van der Waals surface area contributed by atoms with Gasteiger partial charge in [-0.1, -0.05) is 44.4 Å². The third-order valence-electron chi connectivity index (χ3n) is 4.82. The molecule has 0 saturated heterocycles. The Kier molecular flexibility index (Phi) is 7.56. The first-order valence-electron chi connectivity index (χ1n) is 9.28. The van der Waals surface area contributed by atoms with E-state index in [1.807, 2.05) is 0 Å². The highest BCUT2D eigenvalue weighted by molar-refractivity contribution is 5.41. The molecule has 1 nitrogen and oxygen atoms in total. The molecule has 0 unspecified atom stereocenters. The molecule has 0 N–H and O–H groups in total. The molecule has 0 bridgehead atoms. The number of halogens is 2. The molecule has 1 aliphatic rings. The molecule has 0 atom stereocenters. The smallest absolute Gasteiger partial charge is 0.201 e. The minimum Gasteiger partial charge on any atom is -0.491 e. The van der Waals surface area contributed by atoms with Crippen molar-refractivity contribution in [3.05, 3.63) is 29.3 Å². The Morgan fingerprint density at radius 3 is 2.46 bits per heavy atom. The summed E-state index contributed by atoms with van der Waals surface area (Å²) in [7, 11) is 0. The minimum absolute atomic E-state index is 0.0480. The van der Waals surface area contributed by atoms with Gasteiger partial charge in [0.25, 0.3) is 0 Å².